The van der Waals surface area contributed by atoms with Gasteiger partial charge in [-0.1, -0.05) is 73.9 Å². The average molecular weight is 437 g/mol. The molecule has 4 nitrogen and oxygen atoms in total. The summed E-state index contributed by atoms with van der Waals surface area (Å²) in [6.45, 7) is 8.17. The number of carbonyl (C=O) groups is 2. The molecule has 2 rings (SSSR count). The van der Waals surface area contributed by atoms with Crippen molar-refractivity contribution in [1.29, 1.82) is 0 Å². The first kappa shape index (κ1) is 25.6. The van der Waals surface area contributed by atoms with E-state index in [-0.39, 0.29) is 11.8 Å². The lowest BCUT2D eigenvalue weighted by atomic mass is 10.1. The van der Waals surface area contributed by atoms with Gasteiger partial charge in [0.05, 0.1) is 0 Å². The van der Waals surface area contributed by atoms with E-state index in [4.69, 9.17) is 0 Å². The average Bonchev–Trinajstić information content (AvgIpc) is 2.73. The van der Waals surface area contributed by atoms with Crippen LogP contribution in [0.4, 0.5) is 11.4 Å². The van der Waals surface area contributed by atoms with Crippen molar-refractivity contribution in [1.82, 2.24) is 0 Å². The normalized spacial score (nSPS) is 10.8. The summed E-state index contributed by atoms with van der Waals surface area (Å²) in [5.74, 6) is 0.215. The number of rotatable bonds is 13. The highest BCUT2D eigenvalue weighted by atomic mass is 16.2. The highest BCUT2D eigenvalue weighted by Crippen LogP contribution is 2.18. The lowest BCUT2D eigenvalue weighted by molar-refractivity contribution is -0.117. The number of benzene rings is 2. The summed E-state index contributed by atoms with van der Waals surface area (Å²) >= 11 is 0. The number of hydrogen-bond acceptors (Lipinski definition) is 2. The Labute approximate surface area is 194 Å². The number of anilines is 2. The molecule has 0 fully saturated rings. The highest BCUT2D eigenvalue weighted by Gasteiger charge is 2.06. The number of carbonyl (C=O) groups excluding carboxylic acids is 2. The second kappa shape index (κ2) is 13.7. The molecule has 0 aliphatic heterocycles. The van der Waals surface area contributed by atoms with Crippen LogP contribution in [0, 0.1) is 27.7 Å². The van der Waals surface area contributed by atoms with E-state index in [1.54, 1.807) is 0 Å². The summed E-state index contributed by atoms with van der Waals surface area (Å²) in [6, 6.07) is 12.2. The van der Waals surface area contributed by atoms with Crippen LogP contribution in [0.25, 0.3) is 0 Å². The van der Waals surface area contributed by atoms with Crippen LogP contribution in [0.2, 0.25) is 0 Å². The molecule has 0 bridgehead atoms. The lowest BCUT2D eigenvalue weighted by Gasteiger charge is -2.09. The van der Waals surface area contributed by atoms with Gasteiger partial charge in [0.25, 0.3) is 0 Å². The summed E-state index contributed by atoms with van der Waals surface area (Å²) in [4.78, 5) is 24.2. The molecular weight excluding hydrogens is 396 g/mol. The zero-order valence-electron chi connectivity index (χ0n) is 20.4. The molecule has 0 heterocycles. The van der Waals surface area contributed by atoms with Gasteiger partial charge in [-0.25, -0.2) is 0 Å². The van der Waals surface area contributed by atoms with E-state index in [9.17, 15) is 9.59 Å². The Bertz CT molecular complexity index is 815. The van der Waals surface area contributed by atoms with Crippen LogP contribution in [-0.4, -0.2) is 11.8 Å². The molecule has 32 heavy (non-hydrogen) atoms. The molecule has 0 aromatic heterocycles. The van der Waals surface area contributed by atoms with Crippen molar-refractivity contribution in [3.05, 3.63) is 58.7 Å². The molecular formula is C28H40N2O2. The second-order valence-corrected chi connectivity index (χ2v) is 9.06. The number of amides is 2. The Morgan fingerprint density at radius 2 is 0.906 bits per heavy atom. The van der Waals surface area contributed by atoms with Crippen molar-refractivity contribution >= 4 is 23.2 Å². The molecule has 0 aliphatic carbocycles. The summed E-state index contributed by atoms with van der Waals surface area (Å²) < 4.78 is 0. The first-order valence-corrected chi connectivity index (χ1v) is 12.1. The predicted octanol–water partition coefficient (Wildman–Crippen LogP) is 7.40. The molecule has 0 spiro atoms. The molecule has 2 N–H and O–H groups in total. The standard InChI is InChI=1S/C28H40N2O2/c1-21-15-17-25(23(3)19-21)29-27(31)13-11-9-7-5-6-8-10-12-14-28(32)30-26-18-16-22(2)20-24(26)4/h15-20H,5-14H2,1-4H3,(H,29,31)(H,30,32). The van der Waals surface area contributed by atoms with Crippen molar-refractivity contribution < 1.29 is 9.59 Å². The summed E-state index contributed by atoms with van der Waals surface area (Å²) in [5, 5.41) is 6.04. The molecule has 2 aromatic carbocycles. The number of aryl methyl sites for hydroxylation is 4. The van der Waals surface area contributed by atoms with Crippen molar-refractivity contribution in [3.63, 3.8) is 0 Å². The van der Waals surface area contributed by atoms with E-state index in [2.05, 4.69) is 36.6 Å². The molecule has 0 unspecified atom stereocenters. The van der Waals surface area contributed by atoms with Gasteiger partial charge >= 0.3 is 0 Å². The zero-order valence-corrected chi connectivity index (χ0v) is 20.4. The SMILES string of the molecule is Cc1ccc(NC(=O)CCCCCCCCCCC(=O)Nc2ccc(C)cc2C)c(C)c1. The van der Waals surface area contributed by atoms with Gasteiger partial charge in [0, 0.05) is 24.2 Å². The maximum atomic E-state index is 12.1. The molecule has 0 atom stereocenters. The molecule has 2 aromatic rings. The Morgan fingerprint density at radius 1 is 0.562 bits per heavy atom. The van der Waals surface area contributed by atoms with Gasteiger partial charge in [-0.3, -0.25) is 9.59 Å². The van der Waals surface area contributed by atoms with E-state index in [1.165, 1.54) is 36.8 Å². The predicted molar refractivity (Wildman–Crippen MR) is 135 cm³/mol. The highest BCUT2D eigenvalue weighted by molar-refractivity contribution is 5.92. The molecule has 174 valence electrons. The molecule has 0 aliphatic rings. The number of hydrogen-bond donors (Lipinski definition) is 2. The van der Waals surface area contributed by atoms with Crippen molar-refractivity contribution in [2.75, 3.05) is 10.6 Å². The van der Waals surface area contributed by atoms with Gasteiger partial charge in [0.15, 0.2) is 0 Å². The maximum absolute atomic E-state index is 12.1. The summed E-state index contributed by atoms with van der Waals surface area (Å²) in [5.41, 5.74) is 6.48. The smallest absolute Gasteiger partial charge is 0.224 e. The van der Waals surface area contributed by atoms with E-state index in [1.807, 2.05) is 38.1 Å². The van der Waals surface area contributed by atoms with Crippen LogP contribution in [-0.2, 0) is 9.59 Å². The van der Waals surface area contributed by atoms with Crippen LogP contribution in [0.15, 0.2) is 36.4 Å². The van der Waals surface area contributed by atoms with E-state index < -0.39 is 0 Å². The maximum Gasteiger partial charge on any atom is 0.224 e. The fourth-order valence-electron chi connectivity index (χ4n) is 3.96. The van der Waals surface area contributed by atoms with Crippen molar-refractivity contribution in [3.8, 4) is 0 Å². The molecule has 0 saturated heterocycles. The molecule has 2 amide bonds. The van der Waals surface area contributed by atoms with E-state index in [0.717, 1.165) is 48.2 Å². The van der Waals surface area contributed by atoms with Gasteiger partial charge in [0.1, 0.15) is 0 Å². The first-order valence-electron chi connectivity index (χ1n) is 12.1. The van der Waals surface area contributed by atoms with Gasteiger partial charge < -0.3 is 10.6 Å². The van der Waals surface area contributed by atoms with Crippen LogP contribution in [0.3, 0.4) is 0 Å². The topological polar surface area (TPSA) is 58.2 Å². The zero-order chi connectivity index (χ0) is 23.3. The first-order chi connectivity index (χ1) is 15.3. The van der Waals surface area contributed by atoms with Crippen LogP contribution in [0.1, 0.15) is 86.5 Å². The van der Waals surface area contributed by atoms with Gasteiger partial charge in [-0.2, -0.15) is 0 Å². The summed E-state index contributed by atoms with van der Waals surface area (Å²) in [7, 11) is 0. The molecule has 0 saturated carbocycles. The second-order valence-electron chi connectivity index (χ2n) is 9.06. The number of nitrogens with one attached hydrogen (secondary N) is 2. The summed E-state index contributed by atoms with van der Waals surface area (Å²) in [6.07, 6.45) is 9.99. The van der Waals surface area contributed by atoms with Crippen LogP contribution in [0.5, 0.6) is 0 Å². The van der Waals surface area contributed by atoms with Crippen molar-refractivity contribution in [2.24, 2.45) is 0 Å². The minimum atomic E-state index is 0.107. The minimum absolute atomic E-state index is 0.107. The lowest BCUT2D eigenvalue weighted by Crippen LogP contribution is -2.12. The third kappa shape index (κ3) is 9.67. The van der Waals surface area contributed by atoms with Gasteiger partial charge in [-0.15, -0.1) is 0 Å². The fourth-order valence-corrected chi connectivity index (χ4v) is 3.96. The van der Waals surface area contributed by atoms with Gasteiger partial charge in [-0.05, 0) is 63.8 Å². The third-order valence-electron chi connectivity index (χ3n) is 5.87. The third-order valence-corrected chi connectivity index (χ3v) is 5.87. The van der Waals surface area contributed by atoms with E-state index >= 15 is 0 Å². The Balaban J connectivity index is 1.45. The minimum Gasteiger partial charge on any atom is -0.326 e. The Kier molecular flexibility index (Phi) is 11.0. The number of unbranched alkanes of at least 4 members (excludes halogenated alkanes) is 7. The Morgan fingerprint density at radius 3 is 1.25 bits per heavy atom. The monoisotopic (exact) mass is 436 g/mol. The largest absolute Gasteiger partial charge is 0.326 e. The Hall–Kier alpha value is -2.62. The van der Waals surface area contributed by atoms with Crippen LogP contribution >= 0.6 is 0 Å². The quantitative estimate of drug-likeness (QED) is 0.321. The van der Waals surface area contributed by atoms with E-state index in [0.29, 0.717) is 12.8 Å². The van der Waals surface area contributed by atoms with Crippen molar-refractivity contribution in [2.45, 2.75) is 91.9 Å². The molecule has 0 radical (unpaired) electrons. The van der Waals surface area contributed by atoms with Crippen LogP contribution < -0.4 is 10.6 Å². The van der Waals surface area contributed by atoms with Gasteiger partial charge in [0.2, 0.25) is 11.8 Å². The molecule has 4 heteroatoms. The fraction of sp³-hybridized carbons (Fsp3) is 0.500.